The molecule has 4 aromatic rings. The summed E-state index contributed by atoms with van der Waals surface area (Å²) in [4.78, 5) is 11.9. The molecule has 0 spiro atoms. The Morgan fingerprint density at radius 3 is 2.36 bits per heavy atom. The molecule has 1 atom stereocenters. The third-order valence-corrected chi connectivity index (χ3v) is 9.21. The van der Waals surface area contributed by atoms with Crippen molar-refractivity contribution in [1.82, 2.24) is 10.2 Å². The number of aromatic nitrogens is 2. The van der Waals surface area contributed by atoms with Gasteiger partial charge in [-0.1, -0.05) is 77.7 Å². The number of amides is 1. The fourth-order valence-corrected chi connectivity index (χ4v) is 6.67. The van der Waals surface area contributed by atoms with E-state index in [1.807, 2.05) is 30.3 Å². The highest BCUT2D eigenvalue weighted by molar-refractivity contribution is 8.01. The maximum atomic E-state index is 13.0. The number of hydrogen-bond acceptors (Lipinski definition) is 8. The van der Waals surface area contributed by atoms with Crippen LogP contribution >= 0.6 is 23.1 Å². The van der Waals surface area contributed by atoms with E-state index in [1.165, 1.54) is 23.9 Å². The molecule has 4 rings (SSSR count). The van der Waals surface area contributed by atoms with Gasteiger partial charge in [-0.05, 0) is 60.2 Å². The van der Waals surface area contributed by atoms with Crippen LogP contribution in [-0.4, -0.2) is 36.4 Å². The number of carbonyl (C=O) groups is 1. The van der Waals surface area contributed by atoms with Crippen LogP contribution in [0, 0.1) is 5.82 Å². The van der Waals surface area contributed by atoms with E-state index >= 15 is 0 Å². The number of carbonyl (C=O) groups excluding carboxylic acids is 1. The number of hydrogen-bond donors (Lipinski definition) is 2. The lowest BCUT2D eigenvalue weighted by atomic mass is 10.1. The number of primary amides is 1. The van der Waals surface area contributed by atoms with Crippen LogP contribution in [0.5, 0.6) is 0 Å². The fraction of sp³-hybridized carbons (Fsp3) is 0.222. The second-order valence-corrected chi connectivity index (χ2v) is 12.5. The van der Waals surface area contributed by atoms with Gasteiger partial charge in [-0.3, -0.25) is 9.52 Å². The molecule has 0 aliphatic carbocycles. The number of nitrogens with one attached hydrogen (secondary N) is 1. The van der Waals surface area contributed by atoms with Crippen molar-refractivity contribution in [2.75, 3.05) is 10.5 Å². The topological polar surface area (TPSA) is 124 Å². The summed E-state index contributed by atoms with van der Waals surface area (Å²) >= 11 is 2.61. The molecule has 1 unspecified atom stereocenters. The number of halogens is 1. The van der Waals surface area contributed by atoms with Crippen LogP contribution in [0.25, 0.3) is 11.1 Å². The molecule has 12 heteroatoms. The van der Waals surface area contributed by atoms with Crippen molar-refractivity contribution in [3.05, 3.63) is 90.2 Å². The lowest BCUT2D eigenvalue weighted by Gasteiger charge is -2.14. The van der Waals surface area contributed by atoms with Crippen molar-refractivity contribution in [1.29, 1.82) is 0 Å². The van der Waals surface area contributed by atoms with Crippen LogP contribution in [-0.2, 0) is 26.2 Å². The van der Waals surface area contributed by atoms with Crippen molar-refractivity contribution in [2.45, 2.75) is 41.2 Å². The van der Waals surface area contributed by atoms with E-state index in [-0.39, 0.29) is 22.5 Å². The quantitative estimate of drug-likeness (QED) is 0.148. The monoisotopic (exact) mass is 586 g/mol. The summed E-state index contributed by atoms with van der Waals surface area (Å²) in [7, 11) is -3.80. The van der Waals surface area contributed by atoms with E-state index in [4.69, 9.17) is 10.5 Å². The molecular formula is C27H27FN4O4S3. The molecule has 0 aliphatic rings. The zero-order valence-corrected chi connectivity index (χ0v) is 23.3. The maximum absolute atomic E-state index is 13.0. The molecule has 8 nitrogen and oxygen atoms in total. The number of ether oxygens (including phenoxy) is 1. The molecule has 1 amide bonds. The number of sulfonamides is 1. The van der Waals surface area contributed by atoms with E-state index in [1.54, 1.807) is 36.4 Å². The number of benzene rings is 3. The van der Waals surface area contributed by atoms with Crippen LogP contribution in [0.2, 0.25) is 0 Å². The molecule has 0 radical (unpaired) electrons. The standard InChI is InChI=1S/C27H27FN4O4S3/c28-22-13-9-19(10-14-22)18-36-24(25(29)33)8-4-5-17-37-27-31-30-26(38-27)32-39(34,35)23-15-11-21(12-16-23)20-6-2-1-3-7-20/h1-3,6-7,9-16,24H,4-5,8,17-18H2,(H2,29,33)(H,30,32). The van der Waals surface area contributed by atoms with E-state index in [0.29, 0.717) is 22.9 Å². The minimum absolute atomic E-state index is 0.136. The molecule has 0 fully saturated rings. The SMILES string of the molecule is NC(=O)C(CCCCSc1nnc(NS(=O)(=O)c2ccc(-c3ccccc3)cc2)s1)OCc1ccc(F)cc1. The van der Waals surface area contributed by atoms with Gasteiger partial charge in [0.25, 0.3) is 10.0 Å². The first-order valence-electron chi connectivity index (χ1n) is 12.1. The molecule has 0 saturated carbocycles. The predicted octanol–water partition coefficient (Wildman–Crippen LogP) is 5.48. The Kier molecular flexibility index (Phi) is 10.0. The van der Waals surface area contributed by atoms with E-state index in [0.717, 1.165) is 34.4 Å². The minimum atomic E-state index is -3.80. The van der Waals surface area contributed by atoms with Gasteiger partial charge in [0.15, 0.2) is 4.34 Å². The summed E-state index contributed by atoms with van der Waals surface area (Å²) in [6, 6.07) is 22.2. The Balaban J connectivity index is 1.21. The molecule has 3 N–H and O–H groups in total. The van der Waals surface area contributed by atoms with Crippen LogP contribution in [0.4, 0.5) is 9.52 Å². The van der Waals surface area contributed by atoms with Crippen LogP contribution in [0.1, 0.15) is 24.8 Å². The van der Waals surface area contributed by atoms with Crippen LogP contribution in [0.15, 0.2) is 88.1 Å². The number of anilines is 1. The van der Waals surface area contributed by atoms with Crippen molar-refractivity contribution >= 4 is 44.2 Å². The number of unbranched alkanes of at least 4 members (excludes halogenated alkanes) is 1. The zero-order chi connectivity index (χ0) is 27.7. The van der Waals surface area contributed by atoms with Crippen molar-refractivity contribution in [3.8, 4) is 11.1 Å². The van der Waals surface area contributed by atoms with Gasteiger partial charge in [0, 0.05) is 5.75 Å². The third-order valence-electron chi connectivity index (χ3n) is 5.67. The third kappa shape index (κ3) is 8.59. The summed E-state index contributed by atoms with van der Waals surface area (Å²) in [5.41, 5.74) is 8.14. The van der Waals surface area contributed by atoms with Crippen LogP contribution < -0.4 is 10.5 Å². The average Bonchev–Trinajstić information content (AvgIpc) is 3.37. The molecule has 0 aliphatic heterocycles. The van der Waals surface area contributed by atoms with Gasteiger partial charge in [-0.15, -0.1) is 10.2 Å². The molecule has 204 valence electrons. The maximum Gasteiger partial charge on any atom is 0.263 e. The summed E-state index contributed by atoms with van der Waals surface area (Å²) in [6.07, 6.45) is 1.19. The summed E-state index contributed by atoms with van der Waals surface area (Å²) in [5, 5.41) is 8.20. The minimum Gasteiger partial charge on any atom is -0.367 e. The number of nitrogens with two attached hydrogens (primary N) is 1. The van der Waals surface area contributed by atoms with Gasteiger partial charge in [-0.25, -0.2) is 12.8 Å². The number of rotatable bonds is 14. The number of nitrogens with zero attached hydrogens (tertiary/aromatic N) is 2. The highest BCUT2D eigenvalue weighted by atomic mass is 32.2. The summed E-state index contributed by atoms with van der Waals surface area (Å²) < 4.78 is 47.3. The lowest BCUT2D eigenvalue weighted by molar-refractivity contribution is -0.130. The second kappa shape index (κ2) is 13.7. The Bertz CT molecular complexity index is 1470. The normalized spacial score (nSPS) is 12.2. The molecular weight excluding hydrogens is 560 g/mol. The van der Waals surface area contributed by atoms with Crippen LogP contribution in [0.3, 0.4) is 0 Å². The zero-order valence-electron chi connectivity index (χ0n) is 20.8. The summed E-state index contributed by atoms with van der Waals surface area (Å²) in [6.45, 7) is 0.170. The first-order chi connectivity index (χ1) is 18.8. The van der Waals surface area contributed by atoms with Gasteiger partial charge in [0.2, 0.25) is 11.0 Å². The lowest BCUT2D eigenvalue weighted by Crippen LogP contribution is -2.31. The Morgan fingerprint density at radius 1 is 0.974 bits per heavy atom. The smallest absolute Gasteiger partial charge is 0.263 e. The van der Waals surface area contributed by atoms with Crippen molar-refractivity contribution < 1.29 is 22.3 Å². The van der Waals surface area contributed by atoms with Crippen molar-refractivity contribution in [2.24, 2.45) is 5.73 Å². The molecule has 1 heterocycles. The highest BCUT2D eigenvalue weighted by Crippen LogP contribution is 2.29. The highest BCUT2D eigenvalue weighted by Gasteiger charge is 2.18. The molecule has 0 bridgehead atoms. The molecule has 39 heavy (non-hydrogen) atoms. The van der Waals surface area contributed by atoms with Gasteiger partial charge >= 0.3 is 0 Å². The van der Waals surface area contributed by atoms with Gasteiger partial charge in [0.05, 0.1) is 11.5 Å². The molecule has 0 saturated heterocycles. The predicted molar refractivity (Wildman–Crippen MR) is 151 cm³/mol. The number of thioether (sulfide) groups is 1. The Hall–Kier alpha value is -3.32. The average molecular weight is 587 g/mol. The first kappa shape index (κ1) is 28.7. The second-order valence-electron chi connectivity index (χ2n) is 8.54. The van der Waals surface area contributed by atoms with Gasteiger partial charge < -0.3 is 10.5 Å². The van der Waals surface area contributed by atoms with E-state index in [9.17, 15) is 17.6 Å². The Labute approximate surface area is 234 Å². The first-order valence-corrected chi connectivity index (χ1v) is 15.4. The largest absolute Gasteiger partial charge is 0.367 e. The molecule has 1 aromatic heterocycles. The fourth-order valence-electron chi connectivity index (χ4n) is 3.62. The summed E-state index contributed by atoms with van der Waals surface area (Å²) in [5.74, 6) is -0.178. The van der Waals surface area contributed by atoms with Gasteiger partial charge in [0.1, 0.15) is 11.9 Å². The van der Waals surface area contributed by atoms with E-state index < -0.39 is 22.0 Å². The van der Waals surface area contributed by atoms with E-state index in [2.05, 4.69) is 14.9 Å². The molecule has 3 aromatic carbocycles. The Morgan fingerprint density at radius 2 is 1.67 bits per heavy atom. The van der Waals surface area contributed by atoms with Crippen molar-refractivity contribution in [3.63, 3.8) is 0 Å². The van der Waals surface area contributed by atoms with Gasteiger partial charge in [-0.2, -0.15) is 0 Å².